The molecule has 0 spiro atoms. The summed E-state index contributed by atoms with van der Waals surface area (Å²) in [6.45, 7) is 0. The van der Waals surface area contributed by atoms with Gasteiger partial charge in [0, 0.05) is 11.8 Å². The van der Waals surface area contributed by atoms with Gasteiger partial charge in [-0.2, -0.15) is 5.10 Å². The maximum atomic E-state index is 5.80. The van der Waals surface area contributed by atoms with Crippen LogP contribution in [0.1, 0.15) is 11.1 Å². The van der Waals surface area contributed by atoms with Gasteiger partial charge in [-0.15, -0.1) is 5.10 Å². The molecule has 2 aromatic carbocycles. The molecule has 19 heavy (non-hydrogen) atoms. The molecule has 3 heteroatoms. The molecule has 2 aromatic rings. The molecule has 0 aliphatic rings. The van der Waals surface area contributed by atoms with Crippen LogP contribution in [0.25, 0.3) is 6.08 Å². The number of hydrogen-bond acceptors (Lipinski definition) is 2. The Labute approximate surface area is 112 Å². The molecule has 0 aliphatic heterocycles. The van der Waals surface area contributed by atoms with Crippen molar-refractivity contribution >= 4 is 18.1 Å². The number of rotatable bonds is 4. The number of benzene rings is 2. The Morgan fingerprint density at radius 2 is 1.53 bits per heavy atom. The smallest absolute Gasteiger partial charge is 0.153 e. The highest BCUT2D eigenvalue weighted by Gasteiger charge is 1.93. The zero-order valence-electron chi connectivity index (χ0n) is 10.5. The molecule has 2 N–H and O–H groups in total. The second-order valence-electron chi connectivity index (χ2n) is 3.89. The van der Waals surface area contributed by atoms with Crippen molar-refractivity contribution in [2.24, 2.45) is 15.9 Å². The minimum atomic E-state index is 0.407. The van der Waals surface area contributed by atoms with Crippen LogP contribution >= 0.6 is 0 Å². The van der Waals surface area contributed by atoms with Gasteiger partial charge in [-0.25, -0.2) is 0 Å². The monoisotopic (exact) mass is 249 g/mol. The van der Waals surface area contributed by atoms with Gasteiger partial charge in [-0.05, 0) is 11.6 Å². The van der Waals surface area contributed by atoms with Gasteiger partial charge in [0.2, 0.25) is 0 Å². The average molecular weight is 249 g/mol. The minimum Gasteiger partial charge on any atom is -0.382 e. The second kappa shape index (κ2) is 6.91. The number of amidine groups is 1. The summed E-state index contributed by atoms with van der Waals surface area (Å²) in [5.74, 6) is 0.407. The number of nitrogens with zero attached hydrogens (tertiary/aromatic N) is 2. The summed E-state index contributed by atoms with van der Waals surface area (Å²) in [4.78, 5) is 0. The molecule has 0 aliphatic carbocycles. The maximum Gasteiger partial charge on any atom is 0.153 e. The number of nitrogens with two attached hydrogens (primary N) is 1. The van der Waals surface area contributed by atoms with Crippen LogP contribution in [0, 0.1) is 0 Å². The molecular formula is C16H15N3. The summed E-state index contributed by atoms with van der Waals surface area (Å²) < 4.78 is 0. The van der Waals surface area contributed by atoms with Gasteiger partial charge in [-0.1, -0.05) is 66.7 Å². The van der Waals surface area contributed by atoms with E-state index in [1.807, 2.05) is 72.8 Å². The molecule has 0 saturated carbocycles. The van der Waals surface area contributed by atoms with Crippen LogP contribution in [0.15, 0.2) is 76.9 Å². The number of hydrogen-bond donors (Lipinski definition) is 1. The van der Waals surface area contributed by atoms with E-state index in [9.17, 15) is 0 Å². The van der Waals surface area contributed by atoms with Crippen LogP contribution in [-0.4, -0.2) is 12.1 Å². The lowest BCUT2D eigenvalue weighted by Gasteiger charge is -1.95. The summed E-state index contributed by atoms with van der Waals surface area (Å²) >= 11 is 0. The van der Waals surface area contributed by atoms with Crippen LogP contribution < -0.4 is 5.73 Å². The largest absolute Gasteiger partial charge is 0.382 e. The second-order valence-corrected chi connectivity index (χ2v) is 3.89. The highest BCUT2D eigenvalue weighted by molar-refractivity contribution is 5.97. The molecular weight excluding hydrogens is 234 g/mol. The fourth-order valence-corrected chi connectivity index (χ4v) is 1.52. The molecule has 3 nitrogen and oxygen atoms in total. The van der Waals surface area contributed by atoms with E-state index in [0.717, 1.165) is 11.1 Å². The van der Waals surface area contributed by atoms with Gasteiger partial charge >= 0.3 is 0 Å². The lowest BCUT2D eigenvalue weighted by atomic mass is 10.2. The third-order valence-corrected chi connectivity index (χ3v) is 2.48. The molecule has 0 unspecified atom stereocenters. The van der Waals surface area contributed by atoms with Crippen molar-refractivity contribution in [2.45, 2.75) is 0 Å². The molecule has 0 bridgehead atoms. The highest BCUT2D eigenvalue weighted by atomic mass is 15.2. The zero-order valence-corrected chi connectivity index (χ0v) is 10.5. The summed E-state index contributed by atoms with van der Waals surface area (Å²) in [6, 6.07) is 19.6. The first-order chi connectivity index (χ1) is 9.36. The Kier molecular flexibility index (Phi) is 4.64. The minimum absolute atomic E-state index is 0.407. The standard InChI is InChI=1S/C16H15N3/c17-16(15-11-5-2-6-12-15)19-18-13-7-10-14-8-3-1-4-9-14/h1-13H,(H2,17,19)/b10-7+,18-13-. The van der Waals surface area contributed by atoms with E-state index in [-0.39, 0.29) is 0 Å². The molecule has 0 aromatic heterocycles. The summed E-state index contributed by atoms with van der Waals surface area (Å²) in [5, 5.41) is 7.85. The maximum absolute atomic E-state index is 5.80. The topological polar surface area (TPSA) is 50.7 Å². The lowest BCUT2D eigenvalue weighted by molar-refractivity contribution is 1.23. The Bertz CT molecular complexity index is 584. The Balaban J connectivity index is 1.95. The van der Waals surface area contributed by atoms with Gasteiger partial charge in [0.05, 0.1) is 0 Å². The predicted molar refractivity (Wildman–Crippen MR) is 81.1 cm³/mol. The van der Waals surface area contributed by atoms with Crippen molar-refractivity contribution in [1.29, 1.82) is 0 Å². The van der Waals surface area contributed by atoms with E-state index in [1.165, 1.54) is 0 Å². The van der Waals surface area contributed by atoms with E-state index in [2.05, 4.69) is 10.2 Å². The van der Waals surface area contributed by atoms with Crippen LogP contribution in [0.3, 0.4) is 0 Å². The van der Waals surface area contributed by atoms with Gasteiger partial charge < -0.3 is 5.73 Å². The van der Waals surface area contributed by atoms with Crippen molar-refractivity contribution in [3.8, 4) is 0 Å². The summed E-state index contributed by atoms with van der Waals surface area (Å²) in [5.41, 5.74) is 7.79. The van der Waals surface area contributed by atoms with E-state index in [0.29, 0.717) is 5.84 Å². The Morgan fingerprint density at radius 3 is 2.21 bits per heavy atom. The first kappa shape index (κ1) is 12.8. The van der Waals surface area contributed by atoms with Crippen molar-refractivity contribution in [2.75, 3.05) is 0 Å². The lowest BCUT2D eigenvalue weighted by Crippen LogP contribution is -2.12. The normalized spacial score (nSPS) is 12.3. The fourth-order valence-electron chi connectivity index (χ4n) is 1.52. The molecule has 0 atom stereocenters. The van der Waals surface area contributed by atoms with E-state index >= 15 is 0 Å². The van der Waals surface area contributed by atoms with E-state index in [1.54, 1.807) is 6.21 Å². The van der Waals surface area contributed by atoms with E-state index < -0.39 is 0 Å². The fraction of sp³-hybridized carbons (Fsp3) is 0. The van der Waals surface area contributed by atoms with Gasteiger partial charge in [0.15, 0.2) is 5.84 Å². The number of allylic oxidation sites excluding steroid dienone is 1. The third-order valence-electron chi connectivity index (χ3n) is 2.48. The summed E-state index contributed by atoms with van der Waals surface area (Å²) in [7, 11) is 0. The van der Waals surface area contributed by atoms with Crippen molar-refractivity contribution in [3.63, 3.8) is 0 Å². The zero-order chi connectivity index (χ0) is 13.3. The molecule has 0 heterocycles. The van der Waals surface area contributed by atoms with Crippen LogP contribution in [-0.2, 0) is 0 Å². The quantitative estimate of drug-likeness (QED) is 0.505. The third kappa shape index (κ3) is 4.24. The van der Waals surface area contributed by atoms with Crippen molar-refractivity contribution in [1.82, 2.24) is 0 Å². The van der Waals surface area contributed by atoms with Gasteiger partial charge in [0.25, 0.3) is 0 Å². The Morgan fingerprint density at radius 1 is 0.895 bits per heavy atom. The van der Waals surface area contributed by atoms with Crippen LogP contribution in [0.5, 0.6) is 0 Å². The predicted octanol–water partition coefficient (Wildman–Crippen LogP) is 3.09. The molecule has 0 radical (unpaired) electrons. The molecule has 0 saturated heterocycles. The SMILES string of the molecule is NC(=N/N=C\C=C\c1ccccc1)c1ccccc1. The van der Waals surface area contributed by atoms with Crippen LogP contribution in [0.4, 0.5) is 0 Å². The van der Waals surface area contributed by atoms with Gasteiger partial charge in [0.1, 0.15) is 0 Å². The Hall–Kier alpha value is -2.68. The molecule has 0 amide bonds. The first-order valence-corrected chi connectivity index (χ1v) is 6.00. The van der Waals surface area contributed by atoms with Crippen molar-refractivity contribution in [3.05, 3.63) is 77.9 Å². The van der Waals surface area contributed by atoms with Gasteiger partial charge in [-0.3, -0.25) is 0 Å². The first-order valence-electron chi connectivity index (χ1n) is 6.00. The average Bonchev–Trinajstić information content (AvgIpc) is 2.49. The summed E-state index contributed by atoms with van der Waals surface area (Å²) in [6.07, 6.45) is 5.40. The molecule has 2 rings (SSSR count). The van der Waals surface area contributed by atoms with Crippen molar-refractivity contribution < 1.29 is 0 Å². The highest BCUT2D eigenvalue weighted by Crippen LogP contribution is 2.00. The van der Waals surface area contributed by atoms with Crippen LogP contribution in [0.2, 0.25) is 0 Å². The molecule has 94 valence electrons. The van der Waals surface area contributed by atoms with E-state index in [4.69, 9.17) is 5.73 Å². The molecule has 0 fully saturated rings.